The highest BCUT2D eigenvalue weighted by Crippen LogP contribution is 1.96. The summed E-state index contributed by atoms with van der Waals surface area (Å²) in [5.41, 5.74) is 0.682. The first-order chi connectivity index (χ1) is 7.08. The molecule has 1 heterocycles. The number of Topliss-reactive ketones (excluding diaryl/α,β-unsaturated/α-hetero) is 1. The van der Waals surface area contributed by atoms with Crippen molar-refractivity contribution in [3.63, 3.8) is 0 Å². The van der Waals surface area contributed by atoms with Crippen LogP contribution in [0.3, 0.4) is 0 Å². The second kappa shape index (κ2) is 5.45. The van der Waals surface area contributed by atoms with E-state index in [4.69, 9.17) is 0 Å². The van der Waals surface area contributed by atoms with Crippen molar-refractivity contribution in [3.05, 3.63) is 20.7 Å². The minimum absolute atomic E-state index is 0.00547. The molecule has 1 amide bonds. The summed E-state index contributed by atoms with van der Waals surface area (Å²) in [6.07, 6.45) is 0.454. The minimum Gasteiger partial charge on any atom is -0.350 e. The van der Waals surface area contributed by atoms with Gasteiger partial charge in [-0.05, 0) is 6.92 Å². The number of aromatic amines is 1. The van der Waals surface area contributed by atoms with E-state index in [2.05, 4.69) is 10.3 Å². The van der Waals surface area contributed by atoms with Gasteiger partial charge in [-0.1, -0.05) is 11.3 Å². The average Bonchev–Trinajstić information content (AvgIpc) is 2.58. The molecule has 0 unspecified atom stereocenters. The molecule has 6 heteroatoms. The van der Waals surface area contributed by atoms with Crippen molar-refractivity contribution in [2.75, 3.05) is 0 Å². The number of hydrogen-bond donors (Lipinski definition) is 2. The number of rotatable bonds is 5. The first kappa shape index (κ1) is 11.6. The lowest BCUT2D eigenvalue weighted by Gasteiger charge is -2.01. The average molecular weight is 228 g/mol. The summed E-state index contributed by atoms with van der Waals surface area (Å²) in [7, 11) is 0. The Morgan fingerprint density at radius 1 is 1.47 bits per heavy atom. The van der Waals surface area contributed by atoms with Crippen molar-refractivity contribution in [2.45, 2.75) is 26.3 Å². The Morgan fingerprint density at radius 3 is 2.73 bits per heavy atom. The van der Waals surface area contributed by atoms with Crippen LogP contribution in [0, 0.1) is 0 Å². The molecule has 0 atom stereocenters. The molecule has 1 aromatic heterocycles. The molecule has 1 rings (SSSR count). The van der Waals surface area contributed by atoms with Crippen molar-refractivity contribution in [3.8, 4) is 0 Å². The Labute approximate surface area is 90.5 Å². The fraction of sp³-hybridized carbons (Fsp3) is 0.444. The van der Waals surface area contributed by atoms with Gasteiger partial charge in [-0.15, -0.1) is 0 Å². The summed E-state index contributed by atoms with van der Waals surface area (Å²) in [6, 6.07) is 0. The normalized spacial score (nSPS) is 9.93. The maximum absolute atomic E-state index is 11.2. The third kappa shape index (κ3) is 4.55. The lowest BCUT2D eigenvalue weighted by Crippen LogP contribution is -2.23. The van der Waals surface area contributed by atoms with Gasteiger partial charge in [0.1, 0.15) is 5.78 Å². The molecule has 0 spiro atoms. The predicted octanol–water partition coefficient (Wildman–Crippen LogP) is 0.422. The Balaban J connectivity index is 2.28. The highest BCUT2D eigenvalue weighted by atomic mass is 32.1. The van der Waals surface area contributed by atoms with Crippen LogP contribution in [0.15, 0.2) is 10.2 Å². The highest BCUT2D eigenvalue weighted by molar-refractivity contribution is 7.07. The third-order valence-electron chi connectivity index (χ3n) is 1.75. The molecule has 1 aromatic rings. The summed E-state index contributed by atoms with van der Waals surface area (Å²) >= 11 is 1.06. The fourth-order valence-electron chi connectivity index (χ4n) is 0.972. The van der Waals surface area contributed by atoms with E-state index in [1.807, 2.05) is 0 Å². The monoisotopic (exact) mass is 228 g/mol. The predicted molar refractivity (Wildman–Crippen MR) is 56.7 cm³/mol. The number of carbonyl (C=O) groups excluding carboxylic acids is 2. The maximum atomic E-state index is 11.2. The van der Waals surface area contributed by atoms with Gasteiger partial charge in [0.2, 0.25) is 5.91 Å². The van der Waals surface area contributed by atoms with E-state index >= 15 is 0 Å². The van der Waals surface area contributed by atoms with Crippen LogP contribution < -0.4 is 10.2 Å². The SMILES string of the molecule is CC(=O)CCC(=O)NCc1csc(=O)[nH]1. The zero-order valence-corrected chi connectivity index (χ0v) is 9.15. The van der Waals surface area contributed by atoms with Crippen molar-refractivity contribution >= 4 is 23.0 Å². The van der Waals surface area contributed by atoms with E-state index < -0.39 is 0 Å². The molecular formula is C9H12N2O3S. The van der Waals surface area contributed by atoms with Gasteiger partial charge in [-0.2, -0.15) is 0 Å². The lowest BCUT2D eigenvalue weighted by molar-refractivity contribution is -0.124. The van der Waals surface area contributed by atoms with Gasteiger partial charge in [-0.3, -0.25) is 9.59 Å². The number of H-pyrrole nitrogens is 1. The Hall–Kier alpha value is -1.43. The Bertz CT molecular complexity index is 407. The summed E-state index contributed by atoms with van der Waals surface area (Å²) in [5, 5.41) is 4.27. The molecule has 5 nitrogen and oxygen atoms in total. The first-order valence-corrected chi connectivity index (χ1v) is 5.38. The van der Waals surface area contributed by atoms with E-state index in [0.717, 1.165) is 11.3 Å². The van der Waals surface area contributed by atoms with Crippen LogP contribution in [0.1, 0.15) is 25.5 Å². The van der Waals surface area contributed by atoms with Crippen LogP contribution in [0.25, 0.3) is 0 Å². The van der Waals surface area contributed by atoms with Gasteiger partial charge < -0.3 is 15.1 Å². The van der Waals surface area contributed by atoms with Crippen LogP contribution >= 0.6 is 11.3 Å². The number of carbonyl (C=O) groups is 2. The van der Waals surface area contributed by atoms with Crippen LogP contribution in [0.5, 0.6) is 0 Å². The molecule has 15 heavy (non-hydrogen) atoms. The summed E-state index contributed by atoms with van der Waals surface area (Å²) in [5.74, 6) is -0.189. The quantitative estimate of drug-likeness (QED) is 0.766. The number of nitrogens with one attached hydrogen (secondary N) is 2. The van der Waals surface area contributed by atoms with Crippen molar-refractivity contribution in [1.29, 1.82) is 0 Å². The molecule has 2 N–H and O–H groups in total. The smallest absolute Gasteiger partial charge is 0.304 e. The second-order valence-corrected chi connectivity index (χ2v) is 3.99. The summed E-state index contributed by atoms with van der Waals surface area (Å²) in [4.78, 5) is 35.0. The number of amides is 1. The van der Waals surface area contributed by atoms with E-state index in [1.54, 1.807) is 5.38 Å². The van der Waals surface area contributed by atoms with Crippen LogP contribution in [-0.4, -0.2) is 16.7 Å². The maximum Gasteiger partial charge on any atom is 0.304 e. The van der Waals surface area contributed by atoms with E-state index in [-0.39, 0.29) is 29.4 Å². The molecule has 0 saturated heterocycles. The van der Waals surface area contributed by atoms with Gasteiger partial charge in [0, 0.05) is 23.9 Å². The number of ketones is 1. The zero-order valence-electron chi connectivity index (χ0n) is 8.33. The zero-order chi connectivity index (χ0) is 11.3. The number of thiazole rings is 1. The lowest BCUT2D eigenvalue weighted by atomic mass is 10.2. The van der Waals surface area contributed by atoms with E-state index in [0.29, 0.717) is 12.2 Å². The van der Waals surface area contributed by atoms with Crippen LogP contribution in [0.2, 0.25) is 0 Å². The van der Waals surface area contributed by atoms with Gasteiger partial charge in [0.25, 0.3) is 0 Å². The van der Waals surface area contributed by atoms with E-state index in [1.165, 1.54) is 6.92 Å². The van der Waals surface area contributed by atoms with Gasteiger partial charge in [0.05, 0.1) is 6.54 Å². The molecule has 0 aromatic carbocycles. The van der Waals surface area contributed by atoms with Crippen LogP contribution in [0.4, 0.5) is 0 Å². The van der Waals surface area contributed by atoms with Crippen molar-refractivity contribution in [1.82, 2.24) is 10.3 Å². The molecule has 0 fully saturated rings. The Kier molecular flexibility index (Phi) is 4.23. The third-order valence-corrected chi connectivity index (χ3v) is 2.47. The standard InChI is InChI=1S/C9H12N2O3S/c1-6(12)2-3-8(13)10-4-7-5-15-9(14)11-7/h5H,2-4H2,1H3,(H,10,13)(H,11,14). The van der Waals surface area contributed by atoms with Gasteiger partial charge >= 0.3 is 4.87 Å². The molecular weight excluding hydrogens is 216 g/mol. The van der Waals surface area contributed by atoms with E-state index in [9.17, 15) is 14.4 Å². The number of aromatic nitrogens is 1. The van der Waals surface area contributed by atoms with Crippen LogP contribution in [-0.2, 0) is 16.1 Å². The number of hydrogen-bond acceptors (Lipinski definition) is 4. The molecule has 82 valence electrons. The topological polar surface area (TPSA) is 79.0 Å². The molecule has 0 aliphatic rings. The molecule has 0 bridgehead atoms. The first-order valence-electron chi connectivity index (χ1n) is 4.51. The molecule has 0 aliphatic carbocycles. The van der Waals surface area contributed by atoms with Crippen molar-refractivity contribution in [2.24, 2.45) is 0 Å². The molecule has 0 saturated carbocycles. The van der Waals surface area contributed by atoms with Gasteiger partial charge in [-0.25, -0.2) is 0 Å². The largest absolute Gasteiger partial charge is 0.350 e. The molecule has 0 radical (unpaired) electrons. The van der Waals surface area contributed by atoms with Crippen molar-refractivity contribution < 1.29 is 9.59 Å². The Morgan fingerprint density at radius 2 is 2.20 bits per heavy atom. The van der Waals surface area contributed by atoms with Gasteiger partial charge in [0.15, 0.2) is 0 Å². The summed E-state index contributed by atoms with van der Waals surface area (Å²) < 4.78 is 0. The second-order valence-electron chi connectivity index (χ2n) is 3.15. The minimum atomic E-state index is -0.183. The highest BCUT2D eigenvalue weighted by Gasteiger charge is 2.03. The fourth-order valence-corrected chi connectivity index (χ4v) is 1.55. The molecule has 0 aliphatic heterocycles. The summed E-state index contributed by atoms with van der Waals surface area (Å²) in [6.45, 7) is 1.75.